The van der Waals surface area contributed by atoms with Gasteiger partial charge in [-0.2, -0.15) is 0 Å². The Balaban J connectivity index is 1.72. The van der Waals surface area contributed by atoms with E-state index < -0.39 is 45.4 Å². The van der Waals surface area contributed by atoms with Crippen molar-refractivity contribution in [1.82, 2.24) is 0 Å². The Kier molecular flexibility index (Phi) is 5.40. The molecule has 10 nitrogen and oxygen atoms in total. The van der Waals surface area contributed by atoms with Gasteiger partial charge in [-0.25, -0.2) is 0 Å². The van der Waals surface area contributed by atoms with E-state index in [0.29, 0.717) is 5.39 Å². The van der Waals surface area contributed by atoms with Crippen LogP contribution in [0, 0.1) is 0 Å². The molecule has 0 radical (unpaired) electrons. The lowest BCUT2D eigenvalue weighted by Gasteiger charge is -2.16. The first-order valence-electron chi connectivity index (χ1n) is 11.8. The van der Waals surface area contributed by atoms with Gasteiger partial charge in [-0.15, -0.1) is 0 Å². The molecular weight excluding hydrogens is 520 g/mol. The summed E-state index contributed by atoms with van der Waals surface area (Å²) < 4.78 is 11.9. The van der Waals surface area contributed by atoms with Crippen molar-refractivity contribution in [2.45, 2.75) is 0 Å². The molecule has 6 N–H and O–H groups in total. The third-order valence-electron chi connectivity index (χ3n) is 6.53. The first-order chi connectivity index (χ1) is 19.1. The molecule has 0 amide bonds. The first kappa shape index (κ1) is 24.4. The SMILES string of the molecule is O=c1cc(-c2ccc(O)c(O)c2-c2c(O)cc(O)c3c(=O)cc(-c4ccc(O)c(O)c4)oc23)oc2ccccc12. The zero-order valence-electron chi connectivity index (χ0n) is 20.2. The van der Waals surface area contributed by atoms with Gasteiger partial charge in [0.1, 0.15) is 34.0 Å². The van der Waals surface area contributed by atoms with Crippen molar-refractivity contribution in [3.63, 3.8) is 0 Å². The molecule has 0 aliphatic heterocycles. The molecule has 0 aliphatic rings. The summed E-state index contributed by atoms with van der Waals surface area (Å²) in [4.78, 5) is 26.0. The summed E-state index contributed by atoms with van der Waals surface area (Å²) in [5.41, 5.74) is -1.59. The lowest BCUT2D eigenvalue weighted by Crippen LogP contribution is -2.03. The second-order valence-corrected chi connectivity index (χ2v) is 9.00. The summed E-state index contributed by atoms with van der Waals surface area (Å²) in [7, 11) is 0. The van der Waals surface area contributed by atoms with E-state index in [1.807, 2.05) is 0 Å². The van der Waals surface area contributed by atoms with Gasteiger partial charge in [0.25, 0.3) is 0 Å². The molecule has 0 saturated heterocycles. The number of phenolic OH excluding ortho intramolecular Hbond substituents is 6. The van der Waals surface area contributed by atoms with Gasteiger partial charge in [-0.1, -0.05) is 12.1 Å². The lowest BCUT2D eigenvalue weighted by atomic mass is 9.93. The van der Waals surface area contributed by atoms with E-state index in [1.54, 1.807) is 24.3 Å². The largest absolute Gasteiger partial charge is 0.507 e. The van der Waals surface area contributed by atoms with Crippen molar-refractivity contribution < 1.29 is 39.5 Å². The average molecular weight is 538 g/mol. The van der Waals surface area contributed by atoms with Gasteiger partial charge in [0, 0.05) is 34.9 Å². The third kappa shape index (κ3) is 3.74. The van der Waals surface area contributed by atoms with Crippen molar-refractivity contribution >= 4 is 21.9 Å². The van der Waals surface area contributed by atoms with Crippen LogP contribution in [-0.4, -0.2) is 30.6 Å². The number of rotatable bonds is 3. The van der Waals surface area contributed by atoms with Crippen LogP contribution < -0.4 is 10.9 Å². The first-order valence-corrected chi connectivity index (χ1v) is 11.8. The van der Waals surface area contributed by atoms with Gasteiger partial charge in [0.15, 0.2) is 39.4 Å². The summed E-state index contributed by atoms with van der Waals surface area (Å²) in [5, 5.41) is 62.6. The van der Waals surface area contributed by atoms with Gasteiger partial charge in [0.2, 0.25) is 0 Å². The molecule has 40 heavy (non-hydrogen) atoms. The van der Waals surface area contributed by atoms with Crippen LogP contribution in [0.4, 0.5) is 0 Å². The number of fused-ring (bicyclic) bond motifs is 2. The number of phenols is 6. The van der Waals surface area contributed by atoms with Crippen LogP contribution in [0.3, 0.4) is 0 Å². The fraction of sp³-hybridized carbons (Fsp3) is 0. The van der Waals surface area contributed by atoms with Gasteiger partial charge < -0.3 is 39.5 Å². The third-order valence-corrected chi connectivity index (χ3v) is 6.53. The van der Waals surface area contributed by atoms with E-state index >= 15 is 0 Å². The zero-order valence-corrected chi connectivity index (χ0v) is 20.2. The van der Waals surface area contributed by atoms with Crippen molar-refractivity contribution in [2.75, 3.05) is 0 Å². The Morgan fingerprint density at radius 2 is 1.27 bits per heavy atom. The van der Waals surface area contributed by atoms with E-state index in [4.69, 9.17) is 8.83 Å². The highest BCUT2D eigenvalue weighted by Crippen LogP contribution is 2.50. The molecule has 0 saturated carbocycles. The topological polar surface area (TPSA) is 182 Å². The van der Waals surface area contributed by atoms with Crippen molar-refractivity contribution in [1.29, 1.82) is 0 Å². The van der Waals surface area contributed by atoms with Gasteiger partial charge in [-0.05, 0) is 42.5 Å². The summed E-state index contributed by atoms with van der Waals surface area (Å²) in [5.74, 6) is -3.62. The van der Waals surface area contributed by atoms with E-state index in [2.05, 4.69) is 0 Å². The second kappa shape index (κ2) is 8.84. The second-order valence-electron chi connectivity index (χ2n) is 9.00. The van der Waals surface area contributed by atoms with Crippen molar-refractivity contribution in [2.24, 2.45) is 0 Å². The van der Waals surface area contributed by atoms with Gasteiger partial charge in [0.05, 0.1) is 10.9 Å². The summed E-state index contributed by atoms with van der Waals surface area (Å²) in [6.45, 7) is 0. The standard InChI is InChI=1S/C30H18O10/c31-16-7-5-13(9-19(16)34)24-12-22(37)27-20(35)10-21(36)28(30(27)40-24)26-15(6-8-17(32)29(26)38)25-11-18(33)14-3-1-2-4-23(14)39-25/h1-12,31-32,34-36,38H. The normalized spacial score (nSPS) is 11.3. The molecule has 198 valence electrons. The van der Waals surface area contributed by atoms with Gasteiger partial charge in [-0.3, -0.25) is 9.59 Å². The Morgan fingerprint density at radius 3 is 2.05 bits per heavy atom. The minimum atomic E-state index is -0.735. The van der Waals surface area contributed by atoms with Crippen LogP contribution in [0.1, 0.15) is 0 Å². The number of hydrogen-bond acceptors (Lipinski definition) is 10. The molecule has 6 aromatic rings. The molecule has 0 aliphatic carbocycles. The number of aromatic hydroxyl groups is 6. The highest BCUT2D eigenvalue weighted by atomic mass is 16.3. The molecule has 0 atom stereocenters. The number of hydrogen-bond donors (Lipinski definition) is 6. The summed E-state index contributed by atoms with van der Waals surface area (Å²) in [6, 6.07) is 15.8. The lowest BCUT2D eigenvalue weighted by molar-refractivity contribution is 0.404. The molecular formula is C30H18O10. The molecule has 4 aromatic carbocycles. The molecule has 6 rings (SSSR count). The van der Waals surface area contributed by atoms with Crippen LogP contribution in [0.25, 0.3) is 55.7 Å². The predicted molar refractivity (Wildman–Crippen MR) is 145 cm³/mol. The minimum Gasteiger partial charge on any atom is -0.507 e. The maximum Gasteiger partial charge on any atom is 0.197 e. The van der Waals surface area contributed by atoms with Crippen molar-refractivity contribution in [3.05, 3.63) is 93.2 Å². The molecule has 0 fully saturated rings. The van der Waals surface area contributed by atoms with Gasteiger partial charge >= 0.3 is 0 Å². The molecule has 2 aromatic heterocycles. The van der Waals surface area contributed by atoms with Crippen LogP contribution in [-0.2, 0) is 0 Å². The van der Waals surface area contributed by atoms with E-state index in [1.165, 1.54) is 24.3 Å². The molecule has 0 spiro atoms. The Hall–Kier alpha value is -5.90. The fourth-order valence-electron chi connectivity index (χ4n) is 4.64. The zero-order chi connectivity index (χ0) is 28.3. The quantitative estimate of drug-likeness (QED) is 0.165. The Bertz CT molecular complexity index is 2120. The van der Waals surface area contributed by atoms with Crippen LogP contribution in [0.15, 0.2) is 91.2 Å². The predicted octanol–water partition coefficient (Wildman–Crippen LogP) is 5.13. The smallest absolute Gasteiger partial charge is 0.197 e. The maximum atomic E-state index is 13.2. The highest BCUT2D eigenvalue weighted by Gasteiger charge is 2.27. The van der Waals surface area contributed by atoms with Crippen molar-refractivity contribution in [3.8, 4) is 68.3 Å². The summed E-state index contributed by atoms with van der Waals surface area (Å²) >= 11 is 0. The minimum absolute atomic E-state index is 0.0309. The fourth-order valence-corrected chi connectivity index (χ4v) is 4.64. The maximum absolute atomic E-state index is 13.2. The summed E-state index contributed by atoms with van der Waals surface area (Å²) in [6.07, 6.45) is 0. The van der Waals surface area contributed by atoms with Crippen LogP contribution in [0.5, 0.6) is 34.5 Å². The van der Waals surface area contributed by atoms with Crippen LogP contribution >= 0.6 is 0 Å². The van der Waals surface area contributed by atoms with E-state index in [0.717, 1.165) is 24.3 Å². The number of benzene rings is 4. The molecule has 0 bridgehead atoms. The van der Waals surface area contributed by atoms with Crippen LogP contribution in [0.2, 0.25) is 0 Å². The van der Waals surface area contributed by atoms with E-state index in [9.17, 15) is 40.2 Å². The van der Waals surface area contributed by atoms with E-state index in [-0.39, 0.29) is 50.3 Å². The Labute approximate surface area is 223 Å². The molecule has 10 heteroatoms. The Morgan fingerprint density at radius 1 is 0.550 bits per heavy atom. The molecule has 0 unspecified atom stereocenters. The molecule has 2 heterocycles. The monoisotopic (exact) mass is 538 g/mol. The number of para-hydroxylation sites is 1. The highest BCUT2D eigenvalue weighted by molar-refractivity contribution is 6.04. The average Bonchev–Trinajstić information content (AvgIpc) is 2.92.